The number of amides is 1. The zero-order chi connectivity index (χ0) is 21.6. The fraction of sp³-hybridized carbons (Fsp3) is 0.409. The first-order valence-corrected chi connectivity index (χ1v) is 9.41. The molecule has 2 rings (SSSR count). The predicted molar refractivity (Wildman–Crippen MR) is 108 cm³/mol. The summed E-state index contributed by atoms with van der Waals surface area (Å²) in [4.78, 5) is 35.3. The van der Waals surface area contributed by atoms with Gasteiger partial charge in [-0.25, -0.2) is 9.59 Å². The van der Waals surface area contributed by atoms with E-state index in [9.17, 15) is 14.4 Å². The molecule has 7 heteroatoms. The first-order chi connectivity index (χ1) is 13.6. The SMILES string of the molecule is CC(C)OC(=O)[C@@H](Cc1ccc(-c2ccc(C=O)o2)cc1)NC(=O)OC(C)(C)C. The van der Waals surface area contributed by atoms with Gasteiger partial charge in [0.2, 0.25) is 0 Å². The van der Waals surface area contributed by atoms with Gasteiger partial charge in [0.25, 0.3) is 0 Å². The van der Waals surface area contributed by atoms with Crippen molar-refractivity contribution in [1.82, 2.24) is 5.32 Å². The van der Waals surface area contributed by atoms with Crippen LogP contribution < -0.4 is 5.32 Å². The van der Waals surface area contributed by atoms with Crippen LogP contribution in [0.15, 0.2) is 40.8 Å². The molecule has 1 amide bonds. The van der Waals surface area contributed by atoms with Crippen LogP contribution in [-0.2, 0) is 20.7 Å². The number of nitrogens with one attached hydrogen (secondary N) is 1. The van der Waals surface area contributed by atoms with Crippen LogP contribution in [-0.4, -0.2) is 36.1 Å². The summed E-state index contributed by atoms with van der Waals surface area (Å²) >= 11 is 0. The molecule has 1 atom stereocenters. The molecule has 0 spiro atoms. The Labute approximate surface area is 170 Å². The molecule has 0 aliphatic carbocycles. The van der Waals surface area contributed by atoms with E-state index in [0.717, 1.165) is 11.1 Å². The minimum Gasteiger partial charge on any atom is -0.461 e. The first kappa shape index (κ1) is 22.2. The van der Waals surface area contributed by atoms with Crippen molar-refractivity contribution in [2.75, 3.05) is 0 Å². The maximum atomic E-state index is 12.4. The number of esters is 1. The predicted octanol–water partition coefficient (Wildman–Crippen LogP) is 4.15. The number of alkyl carbamates (subject to hydrolysis) is 1. The average Bonchev–Trinajstić information content (AvgIpc) is 3.08. The molecule has 0 fully saturated rings. The molecule has 0 radical (unpaired) electrons. The van der Waals surface area contributed by atoms with Crippen LogP contribution in [0.25, 0.3) is 11.3 Å². The summed E-state index contributed by atoms with van der Waals surface area (Å²) in [5.41, 5.74) is 0.933. The molecular formula is C22H27NO6. The number of benzene rings is 1. The van der Waals surface area contributed by atoms with Crippen molar-refractivity contribution in [3.8, 4) is 11.3 Å². The van der Waals surface area contributed by atoms with Crippen molar-refractivity contribution in [3.63, 3.8) is 0 Å². The van der Waals surface area contributed by atoms with Crippen LogP contribution in [0.4, 0.5) is 4.79 Å². The number of carbonyl (C=O) groups excluding carboxylic acids is 3. The van der Waals surface area contributed by atoms with Crippen molar-refractivity contribution in [2.45, 2.75) is 58.8 Å². The lowest BCUT2D eigenvalue weighted by Crippen LogP contribution is -2.46. The molecule has 0 saturated carbocycles. The van der Waals surface area contributed by atoms with E-state index in [4.69, 9.17) is 13.9 Å². The third-order valence-electron chi connectivity index (χ3n) is 3.75. The van der Waals surface area contributed by atoms with E-state index < -0.39 is 23.7 Å². The zero-order valence-corrected chi connectivity index (χ0v) is 17.4. The first-order valence-electron chi connectivity index (χ1n) is 9.41. The van der Waals surface area contributed by atoms with Gasteiger partial charge in [-0.2, -0.15) is 0 Å². The smallest absolute Gasteiger partial charge is 0.408 e. The zero-order valence-electron chi connectivity index (χ0n) is 17.4. The van der Waals surface area contributed by atoms with E-state index in [1.807, 2.05) is 24.3 Å². The number of aldehydes is 1. The van der Waals surface area contributed by atoms with Gasteiger partial charge in [0.05, 0.1) is 6.10 Å². The molecule has 1 N–H and O–H groups in total. The van der Waals surface area contributed by atoms with Crippen molar-refractivity contribution in [1.29, 1.82) is 0 Å². The molecule has 0 bridgehead atoms. The van der Waals surface area contributed by atoms with E-state index in [-0.39, 0.29) is 18.3 Å². The van der Waals surface area contributed by atoms with Crippen molar-refractivity contribution in [3.05, 3.63) is 47.7 Å². The van der Waals surface area contributed by atoms with E-state index in [1.165, 1.54) is 0 Å². The molecule has 29 heavy (non-hydrogen) atoms. The number of carbonyl (C=O) groups is 3. The third kappa shape index (κ3) is 7.10. The lowest BCUT2D eigenvalue weighted by molar-refractivity contribution is -0.149. The Morgan fingerprint density at radius 2 is 1.76 bits per heavy atom. The van der Waals surface area contributed by atoms with Crippen molar-refractivity contribution in [2.24, 2.45) is 0 Å². The lowest BCUT2D eigenvalue weighted by atomic mass is 10.0. The highest BCUT2D eigenvalue weighted by Gasteiger charge is 2.26. The Kier molecular flexibility index (Phi) is 7.20. The summed E-state index contributed by atoms with van der Waals surface area (Å²) in [5, 5.41) is 2.59. The van der Waals surface area contributed by atoms with Gasteiger partial charge < -0.3 is 19.2 Å². The fourth-order valence-corrected chi connectivity index (χ4v) is 2.57. The maximum Gasteiger partial charge on any atom is 0.408 e. The highest BCUT2D eigenvalue weighted by atomic mass is 16.6. The molecule has 0 aliphatic heterocycles. The Balaban J connectivity index is 2.13. The standard InChI is InChI=1S/C22H27NO6/c1-14(2)27-20(25)18(23-21(26)29-22(3,4)5)12-15-6-8-16(9-7-15)19-11-10-17(13-24)28-19/h6-11,13-14,18H,12H2,1-5H3,(H,23,26)/t18-/m1/s1. The summed E-state index contributed by atoms with van der Waals surface area (Å²) in [6, 6.07) is 9.71. The average molecular weight is 401 g/mol. The van der Waals surface area contributed by atoms with Crippen LogP contribution in [0.2, 0.25) is 0 Å². The van der Waals surface area contributed by atoms with Gasteiger partial charge in [0.1, 0.15) is 17.4 Å². The van der Waals surface area contributed by atoms with Crippen LogP contribution in [0.1, 0.15) is 50.7 Å². The van der Waals surface area contributed by atoms with Gasteiger partial charge in [-0.1, -0.05) is 24.3 Å². The quantitative estimate of drug-likeness (QED) is 0.553. The normalized spacial score (nSPS) is 12.3. The van der Waals surface area contributed by atoms with Gasteiger partial charge in [0.15, 0.2) is 12.0 Å². The Morgan fingerprint density at radius 3 is 2.28 bits per heavy atom. The van der Waals surface area contributed by atoms with Crippen molar-refractivity contribution >= 4 is 18.3 Å². The number of ether oxygens (including phenoxy) is 2. The minimum absolute atomic E-state index is 0.239. The number of rotatable bonds is 7. The molecule has 1 aromatic heterocycles. The molecule has 0 aliphatic rings. The third-order valence-corrected chi connectivity index (χ3v) is 3.75. The van der Waals surface area contributed by atoms with E-state index in [1.54, 1.807) is 46.8 Å². The van der Waals surface area contributed by atoms with Crippen LogP contribution in [0.3, 0.4) is 0 Å². The molecule has 1 aromatic carbocycles. The number of hydrogen-bond donors (Lipinski definition) is 1. The fourth-order valence-electron chi connectivity index (χ4n) is 2.57. The van der Waals surface area contributed by atoms with E-state index in [0.29, 0.717) is 12.0 Å². The Hall–Kier alpha value is -3.09. The molecule has 156 valence electrons. The maximum absolute atomic E-state index is 12.4. The molecule has 2 aromatic rings. The van der Waals surface area contributed by atoms with E-state index >= 15 is 0 Å². The summed E-state index contributed by atoms with van der Waals surface area (Å²) in [6.07, 6.45) is -0.107. The van der Waals surface area contributed by atoms with Gasteiger partial charge >= 0.3 is 12.1 Å². The second-order valence-electron chi connectivity index (χ2n) is 7.91. The topological polar surface area (TPSA) is 94.8 Å². The largest absolute Gasteiger partial charge is 0.461 e. The van der Waals surface area contributed by atoms with Crippen LogP contribution >= 0.6 is 0 Å². The van der Waals surface area contributed by atoms with Gasteiger partial charge in [0, 0.05) is 12.0 Å². The summed E-state index contributed by atoms with van der Waals surface area (Å²) < 4.78 is 15.9. The Bertz CT molecular complexity index is 845. The van der Waals surface area contributed by atoms with Crippen LogP contribution in [0.5, 0.6) is 0 Å². The highest BCUT2D eigenvalue weighted by Crippen LogP contribution is 2.22. The summed E-state index contributed by atoms with van der Waals surface area (Å²) in [7, 11) is 0. The van der Waals surface area contributed by atoms with Gasteiger partial charge in [-0.05, 0) is 52.3 Å². The molecule has 1 heterocycles. The molecular weight excluding hydrogens is 374 g/mol. The second kappa shape index (κ2) is 9.41. The Morgan fingerprint density at radius 1 is 1.10 bits per heavy atom. The van der Waals surface area contributed by atoms with E-state index in [2.05, 4.69) is 5.32 Å². The monoisotopic (exact) mass is 401 g/mol. The van der Waals surface area contributed by atoms with Gasteiger partial charge in [-0.15, -0.1) is 0 Å². The lowest BCUT2D eigenvalue weighted by Gasteiger charge is -2.23. The van der Waals surface area contributed by atoms with Crippen molar-refractivity contribution < 1.29 is 28.3 Å². The minimum atomic E-state index is -0.886. The van der Waals surface area contributed by atoms with Crippen LogP contribution in [0, 0.1) is 0 Å². The second-order valence-corrected chi connectivity index (χ2v) is 7.91. The molecule has 0 saturated heterocycles. The highest BCUT2D eigenvalue weighted by molar-refractivity contribution is 5.82. The summed E-state index contributed by atoms with van der Waals surface area (Å²) in [5.74, 6) is 0.292. The summed E-state index contributed by atoms with van der Waals surface area (Å²) in [6.45, 7) is 8.73. The molecule has 0 unspecified atom stereocenters. The number of hydrogen-bond acceptors (Lipinski definition) is 6. The number of furan rings is 1. The molecule has 7 nitrogen and oxygen atoms in total. The van der Waals surface area contributed by atoms with Gasteiger partial charge in [-0.3, -0.25) is 4.79 Å².